The second-order valence-electron chi connectivity index (χ2n) is 18.7. The fraction of sp³-hybridized carbons (Fsp3) is 0.400. The molecule has 0 aromatic heterocycles. The number of hydrogen-bond donors (Lipinski definition) is 3. The van der Waals surface area contributed by atoms with Crippen molar-refractivity contribution in [3.05, 3.63) is 215 Å². The van der Waals surface area contributed by atoms with Crippen LogP contribution in [0.4, 0.5) is 0 Å². The van der Waals surface area contributed by atoms with E-state index in [-0.39, 0.29) is 0 Å². The van der Waals surface area contributed by atoms with Crippen LogP contribution in [0.3, 0.4) is 0 Å². The van der Waals surface area contributed by atoms with Gasteiger partial charge in [-0.1, -0.05) is 201 Å². The van der Waals surface area contributed by atoms with Crippen molar-refractivity contribution in [1.82, 2.24) is 14.7 Å². The van der Waals surface area contributed by atoms with Crippen molar-refractivity contribution in [1.29, 1.82) is 0 Å². The minimum atomic E-state index is -0.903. The van der Waals surface area contributed by atoms with Crippen LogP contribution >= 0.6 is 0 Å². The average Bonchev–Trinajstić information content (AvgIpc) is 3.41. The van der Waals surface area contributed by atoms with E-state index in [9.17, 15) is 15.3 Å². The van der Waals surface area contributed by atoms with E-state index in [1.54, 1.807) is 0 Å². The second-order valence-corrected chi connectivity index (χ2v) is 18.7. The third kappa shape index (κ3) is 13.6. The third-order valence-corrected chi connectivity index (χ3v) is 14.2. The molecule has 66 heavy (non-hydrogen) atoms. The van der Waals surface area contributed by atoms with Crippen LogP contribution < -0.4 is 0 Å². The lowest BCUT2D eigenvalue weighted by atomic mass is 9.83. The number of benzene rings is 6. The molecule has 6 aromatic rings. The van der Waals surface area contributed by atoms with Gasteiger partial charge in [0.2, 0.25) is 0 Å². The highest BCUT2D eigenvalue weighted by molar-refractivity contribution is 5.38. The van der Waals surface area contributed by atoms with E-state index < -0.39 is 16.8 Å². The van der Waals surface area contributed by atoms with Gasteiger partial charge in [-0.2, -0.15) is 0 Å². The molecule has 6 nitrogen and oxygen atoms in total. The second kappa shape index (κ2) is 25.3. The van der Waals surface area contributed by atoms with Gasteiger partial charge in [0.15, 0.2) is 0 Å². The molecule has 3 aliphatic rings. The van der Waals surface area contributed by atoms with E-state index in [2.05, 4.69) is 14.7 Å². The highest BCUT2D eigenvalue weighted by atomic mass is 16.3. The van der Waals surface area contributed by atoms with Gasteiger partial charge in [-0.25, -0.2) is 0 Å². The van der Waals surface area contributed by atoms with Crippen LogP contribution in [0.1, 0.15) is 110 Å². The molecule has 6 heteroatoms. The first-order valence-corrected chi connectivity index (χ1v) is 25.0. The van der Waals surface area contributed by atoms with Crippen LogP contribution in [0.25, 0.3) is 0 Å². The molecule has 9 rings (SSSR count). The van der Waals surface area contributed by atoms with E-state index in [1.165, 1.54) is 97.1 Å². The van der Waals surface area contributed by atoms with Gasteiger partial charge in [-0.05, 0) is 130 Å². The first-order valence-electron chi connectivity index (χ1n) is 25.0. The van der Waals surface area contributed by atoms with E-state index >= 15 is 0 Å². The molecule has 0 unspecified atom stereocenters. The molecule has 0 saturated carbocycles. The van der Waals surface area contributed by atoms with Gasteiger partial charge in [0, 0.05) is 19.6 Å². The van der Waals surface area contributed by atoms with Crippen molar-refractivity contribution in [3.63, 3.8) is 0 Å². The standard InChI is InChI=1S/3C20H25NO/c3*22-20(18-10-4-1-5-11-18,19-12-6-2-7-13-19)14-17-21-15-8-3-9-16-21/h3*1-2,4-7,10-13,22H,3,8-9,14-17H2. The summed E-state index contributed by atoms with van der Waals surface area (Å²) in [6, 6.07) is 60.4. The van der Waals surface area contributed by atoms with Crippen molar-refractivity contribution in [3.8, 4) is 0 Å². The average molecular weight is 886 g/mol. The van der Waals surface area contributed by atoms with Crippen LogP contribution in [-0.2, 0) is 16.8 Å². The highest BCUT2D eigenvalue weighted by Crippen LogP contribution is 2.36. The Kier molecular flexibility index (Phi) is 18.8. The first-order chi connectivity index (χ1) is 32.4. The summed E-state index contributed by atoms with van der Waals surface area (Å²) in [6.45, 7) is 9.83. The molecule has 3 saturated heterocycles. The summed E-state index contributed by atoms with van der Waals surface area (Å²) in [6.07, 6.45) is 14.0. The summed E-state index contributed by atoms with van der Waals surface area (Å²) in [5, 5.41) is 34.4. The number of rotatable bonds is 15. The molecule has 3 fully saturated rings. The van der Waals surface area contributed by atoms with Crippen LogP contribution in [0.2, 0.25) is 0 Å². The van der Waals surface area contributed by atoms with E-state index in [1.807, 2.05) is 182 Å². The van der Waals surface area contributed by atoms with Gasteiger partial charge >= 0.3 is 0 Å². The molecule has 348 valence electrons. The Bertz CT molecular complexity index is 1820. The maximum atomic E-state index is 11.5. The molecule has 0 amide bonds. The molecule has 0 radical (unpaired) electrons. The smallest absolute Gasteiger partial charge is 0.116 e. The first kappa shape index (κ1) is 49.0. The van der Waals surface area contributed by atoms with E-state index in [0.717, 1.165) is 72.3 Å². The Hall–Kier alpha value is -4.92. The Morgan fingerprint density at radius 1 is 0.258 bits per heavy atom. The Morgan fingerprint density at radius 2 is 0.424 bits per heavy atom. The summed E-state index contributed by atoms with van der Waals surface area (Å²) >= 11 is 0. The van der Waals surface area contributed by atoms with Crippen LogP contribution in [0.5, 0.6) is 0 Å². The van der Waals surface area contributed by atoms with Crippen LogP contribution in [-0.4, -0.2) is 88.9 Å². The summed E-state index contributed by atoms with van der Waals surface area (Å²) in [7, 11) is 0. The minimum absolute atomic E-state index is 0.737. The van der Waals surface area contributed by atoms with Gasteiger partial charge in [-0.3, -0.25) is 0 Å². The fourth-order valence-electron chi connectivity index (χ4n) is 10.2. The zero-order valence-electron chi connectivity index (χ0n) is 39.4. The Balaban J connectivity index is 0.000000147. The molecule has 0 atom stereocenters. The number of nitrogens with zero attached hydrogens (tertiary/aromatic N) is 3. The van der Waals surface area contributed by atoms with Crippen molar-refractivity contribution in [2.45, 2.75) is 93.9 Å². The molecule has 0 bridgehead atoms. The topological polar surface area (TPSA) is 70.4 Å². The molecular weight excluding hydrogens is 811 g/mol. The number of likely N-dealkylation sites (tertiary alicyclic amines) is 3. The Labute approximate surface area is 396 Å². The summed E-state index contributed by atoms with van der Waals surface area (Å²) < 4.78 is 0. The minimum Gasteiger partial charge on any atom is -0.380 e. The van der Waals surface area contributed by atoms with E-state index in [4.69, 9.17) is 0 Å². The lowest BCUT2D eigenvalue weighted by molar-refractivity contribution is 0.0543. The monoisotopic (exact) mass is 886 g/mol. The van der Waals surface area contributed by atoms with Gasteiger partial charge < -0.3 is 30.0 Å². The van der Waals surface area contributed by atoms with Crippen LogP contribution in [0, 0.1) is 0 Å². The largest absolute Gasteiger partial charge is 0.380 e. The molecule has 0 spiro atoms. The normalized spacial score (nSPS) is 16.6. The van der Waals surface area contributed by atoms with Gasteiger partial charge in [0.1, 0.15) is 16.8 Å². The molecule has 0 aliphatic carbocycles. The van der Waals surface area contributed by atoms with Gasteiger partial charge in [-0.15, -0.1) is 0 Å². The fourth-order valence-corrected chi connectivity index (χ4v) is 10.2. The number of piperidine rings is 3. The maximum Gasteiger partial charge on any atom is 0.116 e. The quantitative estimate of drug-likeness (QED) is 0.0954. The predicted molar refractivity (Wildman–Crippen MR) is 272 cm³/mol. The van der Waals surface area contributed by atoms with E-state index in [0.29, 0.717) is 0 Å². The Morgan fingerprint density at radius 3 is 0.591 bits per heavy atom. The van der Waals surface area contributed by atoms with Gasteiger partial charge in [0.25, 0.3) is 0 Å². The lowest BCUT2D eigenvalue weighted by Gasteiger charge is -2.33. The van der Waals surface area contributed by atoms with Gasteiger partial charge in [0.05, 0.1) is 0 Å². The highest BCUT2D eigenvalue weighted by Gasteiger charge is 2.34. The molecule has 3 heterocycles. The van der Waals surface area contributed by atoms with Crippen molar-refractivity contribution >= 4 is 0 Å². The van der Waals surface area contributed by atoms with Crippen molar-refractivity contribution in [2.24, 2.45) is 0 Å². The van der Waals surface area contributed by atoms with Crippen molar-refractivity contribution in [2.75, 3.05) is 58.9 Å². The molecular formula is C60H75N3O3. The molecule has 6 aromatic carbocycles. The van der Waals surface area contributed by atoms with Crippen LogP contribution in [0.15, 0.2) is 182 Å². The maximum absolute atomic E-state index is 11.5. The summed E-state index contributed by atoms with van der Waals surface area (Å²) in [5.74, 6) is 0. The summed E-state index contributed by atoms with van der Waals surface area (Å²) in [4.78, 5) is 7.46. The summed E-state index contributed by atoms with van der Waals surface area (Å²) in [5.41, 5.74) is 3.20. The predicted octanol–water partition coefficient (Wildman–Crippen LogP) is 11.4. The van der Waals surface area contributed by atoms with Crippen molar-refractivity contribution < 1.29 is 15.3 Å². The number of aliphatic hydroxyl groups is 3. The zero-order chi connectivity index (χ0) is 45.8. The third-order valence-electron chi connectivity index (χ3n) is 14.2. The SMILES string of the molecule is OC(CCN1CCCCC1)(c1ccccc1)c1ccccc1.OC(CCN1CCCCC1)(c1ccccc1)c1ccccc1.OC(CCN1CCCCC1)(c1ccccc1)c1ccccc1. The lowest BCUT2D eigenvalue weighted by Crippen LogP contribution is -2.36. The molecule has 3 N–H and O–H groups in total. The molecule has 3 aliphatic heterocycles. The number of hydrogen-bond acceptors (Lipinski definition) is 6. The zero-order valence-corrected chi connectivity index (χ0v) is 39.4.